The molecule has 0 radical (unpaired) electrons. The number of esters is 1. The first-order chi connectivity index (χ1) is 13.5. The second kappa shape index (κ2) is 8.12. The van der Waals surface area contributed by atoms with Crippen molar-refractivity contribution in [3.05, 3.63) is 82.2 Å². The third kappa shape index (κ3) is 4.21. The van der Waals surface area contributed by atoms with Crippen molar-refractivity contribution >= 4 is 23.3 Å². The van der Waals surface area contributed by atoms with Crippen molar-refractivity contribution in [3.8, 4) is 5.69 Å². The van der Waals surface area contributed by atoms with Gasteiger partial charge in [-0.15, -0.1) is 0 Å². The number of nitrogens with one attached hydrogen (secondary N) is 1. The van der Waals surface area contributed by atoms with Gasteiger partial charge in [-0.1, -0.05) is 6.07 Å². The van der Waals surface area contributed by atoms with Gasteiger partial charge in [-0.25, -0.2) is 9.48 Å². The Morgan fingerprint density at radius 2 is 1.93 bits per heavy atom. The average molecular weight is 380 g/mol. The van der Waals surface area contributed by atoms with E-state index in [1.54, 1.807) is 47.4 Å². The van der Waals surface area contributed by atoms with E-state index in [-0.39, 0.29) is 11.3 Å². The van der Waals surface area contributed by atoms with Crippen LogP contribution in [0.25, 0.3) is 5.69 Å². The van der Waals surface area contributed by atoms with Gasteiger partial charge in [0, 0.05) is 18.5 Å². The molecule has 9 heteroatoms. The van der Waals surface area contributed by atoms with E-state index in [2.05, 4.69) is 10.4 Å². The van der Waals surface area contributed by atoms with Crippen LogP contribution in [0, 0.1) is 17.0 Å². The van der Waals surface area contributed by atoms with Gasteiger partial charge in [-0.3, -0.25) is 14.9 Å². The van der Waals surface area contributed by atoms with Gasteiger partial charge in [0.2, 0.25) is 0 Å². The summed E-state index contributed by atoms with van der Waals surface area (Å²) in [5, 5.41) is 17.5. The number of rotatable bonds is 6. The van der Waals surface area contributed by atoms with Crippen LogP contribution >= 0.6 is 0 Å². The maximum absolute atomic E-state index is 12.1. The molecule has 142 valence electrons. The second-order valence-corrected chi connectivity index (χ2v) is 5.83. The fourth-order valence-electron chi connectivity index (χ4n) is 2.53. The molecule has 28 heavy (non-hydrogen) atoms. The van der Waals surface area contributed by atoms with Crippen LogP contribution in [0.2, 0.25) is 0 Å². The number of ether oxygens (including phenoxy) is 1. The van der Waals surface area contributed by atoms with E-state index in [1.165, 1.54) is 25.1 Å². The molecule has 2 aromatic carbocycles. The zero-order valence-corrected chi connectivity index (χ0v) is 14.9. The van der Waals surface area contributed by atoms with Gasteiger partial charge in [-0.2, -0.15) is 5.10 Å². The maximum atomic E-state index is 12.1. The Morgan fingerprint density at radius 1 is 1.18 bits per heavy atom. The molecule has 1 amide bonds. The number of hydrogen-bond acceptors (Lipinski definition) is 6. The summed E-state index contributed by atoms with van der Waals surface area (Å²) in [5.41, 5.74) is 1.57. The third-order valence-corrected chi connectivity index (χ3v) is 3.98. The number of carbonyl (C=O) groups excluding carboxylic acids is 2. The SMILES string of the molecule is Cc1c(NC(=O)COC(=O)c2ccc(-n3cccn3)cc2)cccc1[N+](=O)[O-]. The van der Waals surface area contributed by atoms with Gasteiger partial charge in [0.05, 0.1) is 27.4 Å². The van der Waals surface area contributed by atoms with E-state index in [0.29, 0.717) is 11.3 Å². The van der Waals surface area contributed by atoms with E-state index in [1.807, 2.05) is 0 Å². The molecule has 0 saturated carbocycles. The standard InChI is InChI=1S/C19H16N4O5/c1-13-16(4-2-5-17(13)23(26)27)21-18(24)12-28-19(25)14-6-8-15(9-7-14)22-11-3-10-20-22/h2-11H,12H2,1H3,(H,21,24). The number of nitro groups is 1. The van der Waals surface area contributed by atoms with Crippen LogP contribution in [0.4, 0.5) is 11.4 Å². The van der Waals surface area contributed by atoms with Crippen molar-refractivity contribution in [2.45, 2.75) is 6.92 Å². The lowest BCUT2D eigenvalue weighted by Crippen LogP contribution is -2.21. The predicted molar refractivity (Wildman–Crippen MR) is 100 cm³/mol. The van der Waals surface area contributed by atoms with E-state index in [4.69, 9.17) is 4.74 Å². The smallest absolute Gasteiger partial charge is 0.338 e. The Balaban J connectivity index is 1.58. The highest BCUT2D eigenvalue weighted by Crippen LogP contribution is 2.24. The second-order valence-electron chi connectivity index (χ2n) is 5.83. The number of benzene rings is 2. The van der Waals surface area contributed by atoms with Crippen LogP contribution in [0.3, 0.4) is 0 Å². The number of amides is 1. The van der Waals surface area contributed by atoms with Gasteiger partial charge in [0.25, 0.3) is 11.6 Å². The molecule has 0 bridgehead atoms. The lowest BCUT2D eigenvalue weighted by atomic mass is 10.1. The van der Waals surface area contributed by atoms with Crippen molar-refractivity contribution in [1.82, 2.24) is 9.78 Å². The molecule has 0 spiro atoms. The molecule has 0 aliphatic rings. The minimum atomic E-state index is -0.655. The number of nitrogens with zero attached hydrogens (tertiary/aromatic N) is 3. The molecule has 0 fully saturated rings. The van der Waals surface area contributed by atoms with Gasteiger partial charge in [-0.05, 0) is 43.3 Å². The number of carbonyl (C=O) groups is 2. The fourth-order valence-corrected chi connectivity index (χ4v) is 2.53. The summed E-state index contributed by atoms with van der Waals surface area (Å²) in [4.78, 5) is 34.5. The molecule has 1 aromatic heterocycles. The highest BCUT2D eigenvalue weighted by Gasteiger charge is 2.16. The predicted octanol–water partition coefficient (Wildman–Crippen LogP) is 2.88. The van der Waals surface area contributed by atoms with Crippen molar-refractivity contribution in [1.29, 1.82) is 0 Å². The minimum absolute atomic E-state index is 0.105. The first-order valence-corrected chi connectivity index (χ1v) is 8.27. The molecule has 3 aromatic rings. The van der Waals surface area contributed by atoms with Gasteiger partial charge < -0.3 is 10.1 Å². The van der Waals surface area contributed by atoms with E-state index < -0.39 is 23.4 Å². The molecule has 0 atom stereocenters. The lowest BCUT2D eigenvalue weighted by Gasteiger charge is -2.09. The maximum Gasteiger partial charge on any atom is 0.338 e. The molecule has 0 aliphatic heterocycles. The Bertz CT molecular complexity index is 1010. The summed E-state index contributed by atoms with van der Waals surface area (Å²) in [5.74, 6) is -1.25. The summed E-state index contributed by atoms with van der Waals surface area (Å²) >= 11 is 0. The Morgan fingerprint density at radius 3 is 2.57 bits per heavy atom. The Labute approximate surface area is 159 Å². The van der Waals surface area contributed by atoms with Gasteiger partial charge in [0.1, 0.15) is 0 Å². The average Bonchev–Trinajstić information content (AvgIpc) is 3.22. The lowest BCUT2D eigenvalue weighted by molar-refractivity contribution is -0.385. The Kier molecular flexibility index (Phi) is 5.45. The normalized spacial score (nSPS) is 10.3. The summed E-state index contributed by atoms with van der Waals surface area (Å²) < 4.78 is 6.65. The number of anilines is 1. The van der Waals surface area contributed by atoms with Crippen molar-refractivity contribution in [2.75, 3.05) is 11.9 Å². The molecule has 1 heterocycles. The van der Waals surface area contributed by atoms with Crippen LogP contribution in [-0.4, -0.2) is 33.2 Å². The summed E-state index contributed by atoms with van der Waals surface area (Å²) in [6, 6.07) is 12.7. The van der Waals surface area contributed by atoms with Crippen molar-refractivity contribution in [3.63, 3.8) is 0 Å². The molecule has 1 N–H and O–H groups in total. The topological polar surface area (TPSA) is 116 Å². The number of nitro benzene ring substituents is 1. The molecule has 0 saturated heterocycles. The molecular weight excluding hydrogens is 364 g/mol. The molecular formula is C19H16N4O5. The van der Waals surface area contributed by atoms with Crippen LogP contribution in [0.1, 0.15) is 15.9 Å². The number of aromatic nitrogens is 2. The van der Waals surface area contributed by atoms with Crippen molar-refractivity contribution in [2.24, 2.45) is 0 Å². The summed E-state index contributed by atoms with van der Waals surface area (Å²) in [7, 11) is 0. The highest BCUT2D eigenvalue weighted by molar-refractivity contribution is 5.96. The summed E-state index contributed by atoms with van der Waals surface area (Å²) in [6.07, 6.45) is 3.41. The van der Waals surface area contributed by atoms with E-state index in [0.717, 1.165) is 5.69 Å². The molecule has 0 unspecified atom stereocenters. The van der Waals surface area contributed by atoms with Gasteiger partial charge >= 0.3 is 5.97 Å². The van der Waals surface area contributed by atoms with Gasteiger partial charge in [0.15, 0.2) is 6.61 Å². The monoisotopic (exact) mass is 380 g/mol. The Hall–Kier alpha value is -4.01. The zero-order chi connectivity index (χ0) is 20.1. The molecule has 0 aliphatic carbocycles. The minimum Gasteiger partial charge on any atom is -0.452 e. The first kappa shape index (κ1) is 18.8. The van der Waals surface area contributed by atoms with Crippen LogP contribution in [-0.2, 0) is 9.53 Å². The molecule has 9 nitrogen and oxygen atoms in total. The number of hydrogen-bond donors (Lipinski definition) is 1. The largest absolute Gasteiger partial charge is 0.452 e. The quantitative estimate of drug-likeness (QED) is 0.399. The van der Waals surface area contributed by atoms with Crippen LogP contribution in [0.5, 0.6) is 0 Å². The van der Waals surface area contributed by atoms with E-state index in [9.17, 15) is 19.7 Å². The zero-order valence-electron chi connectivity index (χ0n) is 14.9. The fraction of sp³-hybridized carbons (Fsp3) is 0.105. The molecule has 3 rings (SSSR count). The van der Waals surface area contributed by atoms with Crippen molar-refractivity contribution < 1.29 is 19.2 Å². The van der Waals surface area contributed by atoms with Crippen LogP contribution in [0.15, 0.2) is 60.9 Å². The first-order valence-electron chi connectivity index (χ1n) is 8.27. The third-order valence-electron chi connectivity index (χ3n) is 3.98. The van der Waals surface area contributed by atoms with E-state index >= 15 is 0 Å². The summed E-state index contributed by atoms with van der Waals surface area (Å²) in [6.45, 7) is 1.02. The van der Waals surface area contributed by atoms with Crippen LogP contribution < -0.4 is 5.32 Å². The highest BCUT2D eigenvalue weighted by atomic mass is 16.6.